The molecule has 1 atom stereocenters. The molecule has 0 spiro atoms. The van der Waals surface area contributed by atoms with Gasteiger partial charge in [0.2, 0.25) is 0 Å². The van der Waals surface area contributed by atoms with E-state index in [0.29, 0.717) is 41.0 Å². The predicted molar refractivity (Wildman–Crippen MR) is 112 cm³/mol. The van der Waals surface area contributed by atoms with Crippen LogP contribution < -0.4 is 0 Å². The third-order valence-corrected chi connectivity index (χ3v) is 7.18. The lowest BCUT2D eigenvalue weighted by molar-refractivity contribution is -0.137. The highest BCUT2D eigenvalue weighted by molar-refractivity contribution is 8.02. The van der Waals surface area contributed by atoms with E-state index in [4.69, 9.17) is 0 Å². The highest BCUT2D eigenvalue weighted by atomic mass is 32.2. The van der Waals surface area contributed by atoms with Crippen molar-refractivity contribution in [2.75, 3.05) is 6.26 Å². The topological polar surface area (TPSA) is 89.3 Å². The number of pyridine rings is 1. The van der Waals surface area contributed by atoms with Gasteiger partial charge in [0.15, 0.2) is 9.84 Å². The van der Waals surface area contributed by atoms with Gasteiger partial charge in [-0.15, -0.1) is 0 Å². The number of aryl methyl sites for hydroxylation is 1. The molecule has 0 fully saturated rings. The van der Waals surface area contributed by atoms with E-state index in [1.54, 1.807) is 0 Å². The van der Waals surface area contributed by atoms with Crippen LogP contribution in [0.3, 0.4) is 0 Å². The van der Waals surface area contributed by atoms with Gasteiger partial charge in [-0.2, -0.15) is 13.2 Å². The number of sulfone groups is 1. The van der Waals surface area contributed by atoms with Gasteiger partial charge in [0.25, 0.3) is 0 Å². The number of nitrogens with zero attached hydrogens (tertiary/aromatic N) is 2. The molecule has 2 aromatic heterocycles. The number of carbonyl (C=O) groups is 1. The smallest absolute Gasteiger partial charge is 0.412 e. The normalized spacial score (nSPS) is 18.0. The molecule has 3 heterocycles. The molecule has 1 aliphatic rings. The fourth-order valence-corrected chi connectivity index (χ4v) is 5.65. The molecule has 168 valence electrons. The summed E-state index contributed by atoms with van der Waals surface area (Å²) in [5, 5.41) is 11.2. The maximum absolute atomic E-state index is 12.7. The maximum atomic E-state index is 12.7. The van der Waals surface area contributed by atoms with Crippen molar-refractivity contribution < 1.29 is 31.5 Å². The molecule has 0 bridgehead atoms. The average molecular weight is 475 g/mol. The maximum Gasteiger partial charge on any atom is 0.412 e. The Kier molecular flexibility index (Phi) is 6.56. The zero-order valence-electron chi connectivity index (χ0n) is 16.8. The lowest BCUT2D eigenvalue weighted by atomic mass is 9.93. The lowest BCUT2D eigenvalue weighted by Gasteiger charge is -2.24. The predicted octanol–water partition coefficient (Wildman–Crippen LogP) is 4.91. The molecule has 0 aromatic carbocycles. The summed E-state index contributed by atoms with van der Waals surface area (Å²) in [5.74, 6) is -1.33. The van der Waals surface area contributed by atoms with Crippen molar-refractivity contribution in [1.29, 1.82) is 0 Å². The van der Waals surface area contributed by atoms with Gasteiger partial charge in [0.1, 0.15) is 5.65 Å². The van der Waals surface area contributed by atoms with Crippen LogP contribution in [-0.2, 0) is 21.2 Å². The number of aliphatic carboxylic acids is 1. The Bertz CT molecular complexity index is 1180. The molecule has 1 N–H and O–H groups in total. The summed E-state index contributed by atoms with van der Waals surface area (Å²) in [6, 6.07) is 1.39. The lowest BCUT2D eigenvalue weighted by Crippen LogP contribution is -2.18. The van der Waals surface area contributed by atoms with Crippen molar-refractivity contribution in [3.8, 4) is 0 Å². The first-order valence-corrected chi connectivity index (χ1v) is 12.2. The van der Waals surface area contributed by atoms with E-state index in [-0.39, 0.29) is 17.2 Å². The first-order valence-electron chi connectivity index (χ1n) is 9.41. The molecule has 2 aromatic rings. The monoisotopic (exact) mass is 474 g/mol. The molecule has 0 amide bonds. The van der Waals surface area contributed by atoms with Gasteiger partial charge < -0.3 is 9.67 Å². The van der Waals surface area contributed by atoms with E-state index < -0.39 is 27.6 Å². The SMILES string of the molecule is C/C(=C\C=C\Sc1c2n(c3nccc(S(C)(=O)=O)c13)CCCC2CC(=O)O)C(F)(F)F. The summed E-state index contributed by atoms with van der Waals surface area (Å²) in [6.07, 6.45) is 1.41. The molecule has 3 rings (SSSR count). The van der Waals surface area contributed by atoms with Crippen molar-refractivity contribution in [2.45, 2.75) is 54.6 Å². The highest BCUT2D eigenvalue weighted by Gasteiger charge is 2.32. The Balaban J connectivity index is 2.19. The van der Waals surface area contributed by atoms with Crippen LogP contribution >= 0.6 is 11.8 Å². The minimum Gasteiger partial charge on any atom is -0.481 e. The standard InChI is InChI=1S/C20H21F3N2O4S2/c1-12(20(21,22)23)5-4-10-30-18-16-14(31(2,28)29)7-8-24-19(16)25-9-3-6-13(17(18)25)11-15(26)27/h4-5,7-8,10,13H,3,6,9,11H2,1-2H3,(H,26,27)/b10-4+,12-5+. The minimum absolute atomic E-state index is 0.0615. The molecule has 0 radical (unpaired) electrons. The molecule has 1 aliphatic heterocycles. The number of alkyl halides is 3. The largest absolute Gasteiger partial charge is 0.481 e. The number of halogens is 3. The van der Waals surface area contributed by atoms with Crippen molar-refractivity contribution in [1.82, 2.24) is 9.55 Å². The number of allylic oxidation sites excluding steroid dienone is 3. The van der Waals surface area contributed by atoms with Gasteiger partial charge in [0.05, 0.1) is 16.7 Å². The number of fused-ring (bicyclic) bond motifs is 3. The summed E-state index contributed by atoms with van der Waals surface area (Å²) >= 11 is 1.07. The Morgan fingerprint density at radius 3 is 2.74 bits per heavy atom. The van der Waals surface area contributed by atoms with Crippen LogP contribution in [0.1, 0.15) is 37.8 Å². The Morgan fingerprint density at radius 1 is 1.42 bits per heavy atom. The summed E-state index contributed by atoms with van der Waals surface area (Å²) in [4.78, 5) is 16.3. The number of hydrogen-bond donors (Lipinski definition) is 1. The average Bonchev–Trinajstić information content (AvgIpc) is 2.98. The van der Waals surface area contributed by atoms with E-state index in [1.165, 1.54) is 23.7 Å². The van der Waals surface area contributed by atoms with Gasteiger partial charge in [-0.25, -0.2) is 13.4 Å². The Morgan fingerprint density at radius 2 is 2.13 bits per heavy atom. The molecule has 31 heavy (non-hydrogen) atoms. The molecule has 6 nitrogen and oxygen atoms in total. The van der Waals surface area contributed by atoms with Gasteiger partial charge >= 0.3 is 12.1 Å². The van der Waals surface area contributed by atoms with Crippen molar-refractivity contribution >= 4 is 38.6 Å². The van der Waals surface area contributed by atoms with Crippen LogP contribution in [0.4, 0.5) is 13.2 Å². The third kappa shape index (κ3) is 4.98. The van der Waals surface area contributed by atoms with Gasteiger partial charge in [0, 0.05) is 41.1 Å². The van der Waals surface area contributed by atoms with Crippen LogP contribution in [0.5, 0.6) is 0 Å². The van der Waals surface area contributed by atoms with Crippen LogP contribution in [0, 0.1) is 0 Å². The van der Waals surface area contributed by atoms with E-state index >= 15 is 0 Å². The van der Waals surface area contributed by atoms with Gasteiger partial charge in [-0.05, 0) is 31.2 Å². The molecule has 11 heteroatoms. The van der Waals surface area contributed by atoms with Crippen LogP contribution in [0.2, 0.25) is 0 Å². The Hall–Kier alpha value is -2.27. The number of carboxylic acid groups (broad SMARTS) is 1. The number of carboxylic acids is 1. The van der Waals surface area contributed by atoms with Crippen molar-refractivity contribution in [3.63, 3.8) is 0 Å². The van der Waals surface area contributed by atoms with Crippen LogP contribution in [0.25, 0.3) is 11.0 Å². The fourth-order valence-electron chi connectivity index (χ4n) is 3.70. The van der Waals surface area contributed by atoms with Gasteiger partial charge in [-0.3, -0.25) is 4.79 Å². The summed E-state index contributed by atoms with van der Waals surface area (Å²) < 4.78 is 64.7. The molecule has 0 aliphatic carbocycles. The number of rotatable bonds is 6. The van der Waals surface area contributed by atoms with E-state index in [1.807, 2.05) is 4.57 Å². The summed E-state index contributed by atoms with van der Waals surface area (Å²) in [5.41, 5.74) is 0.333. The first-order chi connectivity index (χ1) is 14.4. The molecule has 1 unspecified atom stereocenters. The van der Waals surface area contributed by atoms with Crippen molar-refractivity contribution in [3.05, 3.63) is 41.1 Å². The van der Waals surface area contributed by atoms with Crippen LogP contribution in [-0.4, -0.2) is 41.5 Å². The van der Waals surface area contributed by atoms with Gasteiger partial charge in [-0.1, -0.05) is 23.9 Å². The number of aromatic nitrogens is 2. The zero-order valence-corrected chi connectivity index (χ0v) is 18.4. The summed E-state index contributed by atoms with van der Waals surface area (Å²) in [6.45, 7) is 1.51. The molecular formula is C20H21F3N2O4S2. The number of thioether (sulfide) groups is 1. The summed E-state index contributed by atoms with van der Waals surface area (Å²) in [7, 11) is -3.62. The minimum atomic E-state index is -4.43. The van der Waals surface area contributed by atoms with E-state index in [2.05, 4.69) is 4.98 Å². The highest BCUT2D eigenvalue weighted by Crippen LogP contribution is 2.45. The number of hydrogen-bond acceptors (Lipinski definition) is 5. The second-order valence-electron chi connectivity index (χ2n) is 7.38. The third-order valence-electron chi connectivity index (χ3n) is 5.10. The Labute approximate surface area is 181 Å². The van der Waals surface area contributed by atoms with Crippen LogP contribution in [0.15, 0.2) is 45.2 Å². The molecule has 0 saturated carbocycles. The zero-order chi connectivity index (χ0) is 23.0. The second-order valence-corrected chi connectivity index (χ2v) is 10.3. The van der Waals surface area contributed by atoms with E-state index in [9.17, 15) is 31.5 Å². The quantitative estimate of drug-likeness (QED) is 0.473. The molecule has 0 saturated heterocycles. The first kappa shape index (κ1) is 23.4. The van der Waals surface area contributed by atoms with Crippen molar-refractivity contribution in [2.24, 2.45) is 0 Å². The fraction of sp³-hybridized carbons (Fsp3) is 0.400. The van der Waals surface area contributed by atoms with E-state index in [0.717, 1.165) is 31.0 Å². The molecular weight excluding hydrogens is 453 g/mol. The second kappa shape index (κ2) is 8.70.